The van der Waals surface area contributed by atoms with Gasteiger partial charge in [0.25, 0.3) is 11.7 Å². The smallest absolute Gasteiger partial charge is 0.278 e. The molecule has 3 rings (SSSR count). The number of anilines is 1. The maximum Gasteiger partial charge on any atom is 0.278 e. The summed E-state index contributed by atoms with van der Waals surface area (Å²) < 4.78 is 1.53. The van der Waals surface area contributed by atoms with E-state index in [2.05, 4.69) is 25.6 Å². The van der Waals surface area contributed by atoms with E-state index < -0.39 is 0 Å². The Morgan fingerprint density at radius 3 is 2.74 bits per heavy atom. The molecule has 1 amide bonds. The van der Waals surface area contributed by atoms with Gasteiger partial charge in [0, 0.05) is 17.1 Å². The van der Waals surface area contributed by atoms with Crippen LogP contribution >= 0.6 is 11.6 Å². The summed E-state index contributed by atoms with van der Waals surface area (Å²) in [6.07, 6.45) is 0.687. The Hall–Kier alpha value is -2.54. The highest BCUT2D eigenvalue weighted by Crippen LogP contribution is 2.19. The van der Waals surface area contributed by atoms with Crippen LogP contribution < -0.4 is 5.32 Å². The van der Waals surface area contributed by atoms with Gasteiger partial charge >= 0.3 is 0 Å². The molecule has 0 saturated heterocycles. The normalized spacial score (nSPS) is 11.0. The van der Waals surface area contributed by atoms with E-state index in [0.29, 0.717) is 34.4 Å². The van der Waals surface area contributed by atoms with Crippen LogP contribution in [0.1, 0.15) is 34.5 Å². The molecule has 0 unspecified atom stereocenters. The van der Waals surface area contributed by atoms with E-state index in [4.69, 9.17) is 11.6 Å². The first-order chi connectivity index (χ1) is 11.0. The predicted molar refractivity (Wildman–Crippen MR) is 86.8 cm³/mol. The summed E-state index contributed by atoms with van der Waals surface area (Å²) in [4.78, 5) is 16.7. The van der Waals surface area contributed by atoms with Gasteiger partial charge in [-0.15, -0.1) is 15.3 Å². The third kappa shape index (κ3) is 3.00. The maximum atomic E-state index is 12.5. The Morgan fingerprint density at radius 1 is 1.26 bits per heavy atom. The lowest BCUT2D eigenvalue weighted by molar-refractivity contribution is 0.102. The van der Waals surface area contributed by atoms with Gasteiger partial charge in [0.1, 0.15) is 0 Å². The molecule has 0 saturated carbocycles. The summed E-state index contributed by atoms with van der Waals surface area (Å²) in [6, 6.07) is 5.32. The average molecular weight is 331 g/mol. The summed E-state index contributed by atoms with van der Waals surface area (Å²) in [5, 5.41) is 15.6. The summed E-state index contributed by atoms with van der Waals surface area (Å²) >= 11 is 6.01. The van der Waals surface area contributed by atoms with Crippen molar-refractivity contribution in [2.45, 2.75) is 27.2 Å². The molecule has 0 atom stereocenters. The molecule has 0 aliphatic rings. The minimum absolute atomic E-state index is 0.197. The number of carbonyl (C=O) groups is 1. The average Bonchev–Trinajstić information content (AvgIpc) is 2.90. The Morgan fingerprint density at radius 2 is 2.04 bits per heavy atom. The van der Waals surface area contributed by atoms with Crippen molar-refractivity contribution < 1.29 is 4.79 Å². The van der Waals surface area contributed by atoms with Crippen molar-refractivity contribution >= 4 is 29.0 Å². The van der Waals surface area contributed by atoms with E-state index in [1.807, 2.05) is 26.0 Å². The summed E-state index contributed by atoms with van der Waals surface area (Å²) in [5.41, 5.74) is 2.34. The lowest BCUT2D eigenvalue weighted by Gasteiger charge is -2.08. The topological polar surface area (TPSA) is 85.1 Å². The molecule has 8 heteroatoms. The highest BCUT2D eigenvalue weighted by Gasteiger charge is 2.17. The van der Waals surface area contributed by atoms with Crippen LogP contribution in [-0.4, -0.2) is 30.7 Å². The first-order valence-electron chi connectivity index (χ1n) is 7.15. The zero-order valence-corrected chi connectivity index (χ0v) is 13.7. The lowest BCUT2D eigenvalue weighted by atomic mass is 10.2. The quantitative estimate of drug-likeness (QED) is 0.797. The van der Waals surface area contributed by atoms with Crippen LogP contribution in [-0.2, 0) is 6.42 Å². The number of benzene rings is 1. The largest absolute Gasteiger partial charge is 0.320 e. The molecular formula is C15H15ClN6O. The van der Waals surface area contributed by atoms with Crippen molar-refractivity contribution in [3.05, 3.63) is 46.0 Å². The highest BCUT2D eigenvalue weighted by molar-refractivity contribution is 6.31. The second-order valence-electron chi connectivity index (χ2n) is 5.20. The van der Waals surface area contributed by atoms with Crippen LogP contribution in [0.5, 0.6) is 0 Å². The Kier molecular flexibility index (Phi) is 3.96. The van der Waals surface area contributed by atoms with E-state index in [1.54, 1.807) is 13.0 Å². The van der Waals surface area contributed by atoms with Crippen LogP contribution in [0.3, 0.4) is 0 Å². The van der Waals surface area contributed by atoms with E-state index in [9.17, 15) is 4.79 Å². The Bertz CT molecular complexity index is 884. The zero-order valence-electron chi connectivity index (χ0n) is 13.0. The third-order valence-electron chi connectivity index (χ3n) is 3.37. The van der Waals surface area contributed by atoms with E-state index >= 15 is 0 Å². The van der Waals surface area contributed by atoms with Gasteiger partial charge in [-0.2, -0.15) is 9.50 Å². The maximum absolute atomic E-state index is 12.5. The molecule has 118 valence electrons. The van der Waals surface area contributed by atoms with Crippen molar-refractivity contribution in [1.82, 2.24) is 24.8 Å². The number of halogens is 1. The highest BCUT2D eigenvalue weighted by atomic mass is 35.5. The summed E-state index contributed by atoms with van der Waals surface area (Å²) in [7, 11) is 0. The van der Waals surface area contributed by atoms with Crippen LogP contribution in [0.15, 0.2) is 18.2 Å². The molecule has 0 fully saturated rings. The Labute approximate surface area is 137 Å². The molecule has 0 aliphatic carbocycles. The SMILES string of the molecule is CCc1nc2nnc(C(=O)Nc3cc(C)cc(Cl)c3)c(C)n2n1. The number of nitrogens with one attached hydrogen (secondary N) is 1. The molecule has 0 radical (unpaired) electrons. The number of nitrogens with zero attached hydrogens (tertiary/aromatic N) is 5. The van der Waals surface area contributed by atoms with Gasteiger partial charge in [-0.1, -0.05) is 18.5 Å². The van der Waals surface area contributed by atoms with Crippen LogP contribution in [0.2, 0.25) is 5.02 Å². The van der Waals surface area contributed by atoms with Crippen molar-refractivity contribution in [3.63, 3.8) is 0 Å². The number of hydrogen-bond donors (Lipinski definition) is 1. The predicted octanol–water partition coefficient (Wildman–Crippen LogP) is 2.60. The van der Waals surface area contributed by atoms with Crippen molar-refractivity contribution in [3.8, 4) is 0 Å². The standard InChI is InChI=1S/C15H15ClN6O/c1-4-12-18-15-20-19-13(9(3)22(15)21-12)14(23)17-11-6-8(2)5-10(16)7-11/h5-7H,4H2,1-3H3,(H,17,23). The second kappa shape index (κ2) is 5.92. The van der Waals surface area contributed by atoms with Gasteiger partial charge in [0.05, 0.1) is 5.69 Å². The van der Waals surface area contributed by atoms with Crippen LogP contribution in [0.4, 0.5) is 5.69 Å². The molecule has 0 spiro atoms. The minimum atomic E-state index is -0.368. The number of hydrogen-bond acceptors (Lipinski definition) is 5. The fourth-order valence-corrected chi connectivity index (χ4v) is 2.55. The van der Waals surface area contributed by atoms with Gasteiger partial charge in [0.15, 0.2) is 11.5 Å². The molecule has 3 aromatic rings. The van der Waals surface area contributed by atoms with Gasteiger partial charge < -0.3 is 5.32 Å². The number of carbonyl (C=O) groups excluding carboxylic acids is 1. The monoisotopic (exact) mass is 330 g/mol. The first-order valence-corrected chi connectivity index (χ1v) is 7.53. The molecule has 0 bridgehead atoms. The number of rotatable bonds is 3. The molecule has 0 aliphatic heterocycles. The fourth-order valence-electron chi connectivity index (χ4n) is 2.26. The van der Waals surface area contributed by atoms with Crippen molar-refractivity contribution in [2.24, 2.45) is 0 Å². The van der Waals surface area contributed by atoms with Crippen molar-refractivity contribution in [2.75, 3.05) is 5.32 Å². The molecule has 23 heavy (non-hydrogen) atoms. The summed E-state index contributed by atoms with van der Waals surface area (Å²) in [6.45, 7) is 5.61. The van der Waals surface area contributed by atoms with Gasteiger partial charge in [-0.05, 0) is 37.6 Å². The molecule has 2 heterocycles. The number of aromatic nitrogens is 5. The fraction of sp³-hybridized carbons (Fsp3) is 0.267. The molecule has 2 aromatic heterocycles. The van der Waals surface area contributed by atoms with Gasteiger partial charge in [-0.3, -0.25) is 4.79 Å². The molecule has 7 nitrogen and oxygen atoms in total. The van der Waals surface area contributed by atoms with E-state index in [0.717, 1.165) is 5.56 Å². The molecule has 1 aromatic carbocycles. The van der Waals surface area contributed by atoms with Crippen LogP contribution in [0, 0.1) is 13.8 Å². The second-order valence-corrected chi connectivity index (χ2v) is 5.64. The molecular weight excluding hydrogens is 316 g/mol. The Balaban J connectivity index is 1.95. The first kappa shape index (κ1) is 15.4. The molecule has 1 N–H and O–H groups in total. The zero-order chi connectivity index (χ0) is 16.6. The van der Waals surface area contributed by atoms with E-state index in [1.165, 1.54) is 4.52 Å². The number of fused-ring (bicyclic) bond motifs is 1. The van der Waals surface area contributed by atoms with Gasteiger partial charge in [0.2, 0.25) is 0 Å². The summed E-state index contributed by atoms with van der Waals surface area (Å²) in [5.74, 6) is 0.673. The van der Waals surface area contributed by atoms with Crippen LogP contribution in [0.25, 0.3) is 5.78 Å². The lowest BCUT2D eigenvalue weighted by Crippen LogP contribution is -2.18. The van der Waals surface area contributed by atoms with Crippen molar-refractivity contribution in [1.29, 1.82) is 0 Å². The number of aryl methyl sites for hydroxylation is 3. The minimum Gasteiger partial charge on any atom is -0.320 e. The van der Waals surface area contributed by atoms with E-state index in [-0.39, 0.29) is 11.6 Å². The third-order valence-corrected chi connectivity index (χ3v) is 3.58. The number of amides is 1. The van der Waals surface area contributed by atoms with Gasteiger partial charge in [-0.25, -0.2) is 0 Å².